The smallest absolute Gasteiger partial charge is 0.244 e. The molecule has 1 amide bonds. The average molecular weight is 265 g/mol. The van der Waals surface area contributed by atoms with Crippen molar-refractivity contribution in [2.24, 2.45) is 0 Å². The van der Waals surface area contributed by atoms with E-state index in [9.17, 15) is 4.79 Å². The van der Waals surface area contributed by atoms with E-state index in [2.05, 4.69) is 23.5 Å². The fourth-order valence-corrected chi connectivity index (χ4v) is 2.02. The van der Waals surface area contributed by atoms with Crippen LogP contribution in [0, 0.1) is 0 Å². The van der Waals surface area contributed by atoms with Gasteiger partial charge in [-0.1, -0.05) is 54.6 Å². The first-order valence-electron chi connectivity index (χ1n) is 6.80. The Morgan fingerprint density at radius 1 is 1.00 bits per heavy atom. The standard InChI is InChI=1S/C18H19NO/c1-14(2)19-18(20)13-12-16-10-6-7-11-17(16)15-8-4-3-5-9-15/h3-14H,1-2H3,(H,19,20)/b13-12+. The van der Waals surface area contributed by atoms with Gasteiger partial charge in [0.05, 0.1) is 0 Å². The highest BCUT2D eigenvalue weighted by molar-refractivity contribution is 5.93. The second kappa shape index (κ2) is 6.71. The number of nitrogens with one attached hydrogen (secondary N) is 1. The Bertz CT molecular complexity index is 600. The summed E-state index contributed by atoms with van der Waals surface area (Å²) in [6.07, 6.45) is 3.45. The molecule has 0 radical (unpaired) electrons. The fourth-order valence-electron chi connectivity index (χ4n) is 2.02. The second-order valence-corrected chi connectivity index (χ2v) is 4.95. The van der Waals surface area contributed by atoms with Crippen molar-refractivity contribution in [2.75, 3.05) is 0 Å². The summed E-state index contributed by atoms with van der Waals surface area (Å²) in [5.74, 6) is -0.0668. The molecule has 2 nitrogen and oxygen atoms in total. The van der Waals surface area contributed by atoms with Crippen LogP contribution in [0.4, 0.5) is 0 Å². The van der Waals surface area contributed by atoms with E-state index in [0.717, 1.165) is 16.7 Å². The monoisotopic (exact) mass is 265 g/mol. The van der Waals surface area contributed by atoms with Gasteiger partial charge < -0.3 is 5.32 Å². The van der Waals surface area contributed by atoms with Crippen LogP contribution in [0.2, 0.25) is 0 Å². The van der Waals surface area contributed by atoms with Crippen LogP contribution in [-0.2, 0) is 4.79 Å². The molecular formula is C18H19NO. The van der Waals surface area contributed by atoms with Crippen LogP contribution in [0.1, 0.15) is 19.4 Å². The third-order valence-electron chi connectivity index (χ3n) is 2.89. The van der Waals surface area contributed by atoms with Gasteiger partial charge >= 0.3 is 0 Å². The van der Waals surface area contributed by atoms with Gasteiger partial charge in [0.1, 0.15) is 0 Å². The van der Waals surface area contributed by atoms with Crippen molar-refractivity contribution in [3.8, 4) is 11.1 Å². The van der Waals surface area contributed by atoms with Crippen molar-refractivity contribution in [1.29, 1.82) is 0 Å². The quantitative estimate of drug-likeness (QED) is 0.835. The van der Waals surface area contributed by atoms with Crippen molar-refractivity contribution in [3.63, 3.8) is 0 Å². The van der Waals surface area contributed by atoms with Crippen molar-refractivity contribution in [2.45, 2.75) is 19.9 Å². The summed E-state index contributed by atoms with van der Waals surface area (Å²) < 4.78 is 0. The molecule has 2 heteroatoms. The Morgan fingerprint density at radius 3 is 2.35 bits per heavy atom. The molecule has 0 aliphatic rings. The minimum atomic E-state index is -0.0668. The fraction of sp³-hybridized carbons (Fsp3) is 0.167. The summed E-state index contributed by atoms with van der Waals surface area (Å²) in [4.78, 5) is 11.7. The highest BCUT2D eigenvalue weighted by Crippen LogP contribution is 2.24. The maximum absolute atomic E-state index is 11.7. The van der Waals surface area contributed by atoms with E-state index < -0.39 is 0 Å². The van der Waals surface area contributed by atoms with E-state index >= 15 is 0 Å². The Hall–Kier alpha value is -2.35. The van der Waals surface area contributed by atoms with Gasteiger partial charge in [-0.05, 0) is 36.6 Å². The Kier molecular flexibility index (Phi) is 4.72. The molecule has 0 spiro atoms. The third kappa shape index (κ3) is 3.82. The van der Waals surface area contributed by atoms with E-state index in [1.807, 2.05) is 56.3 Å². The lowest BCUT2D eigenvalue weighted by Gasteiger charge is -2.07. The maximum atomic E-state index is 11.7. The number of carbonyl (C=O) groups excluding carboxylic acids is 1. The molecule has 0 saturated carbocycles. The van der Waals surface area contributed by atoms with Crippen LogP contribution in [0.3, 0.4) is 0 Å². The lowest BCUT2D eigenvalue weighted by atomic mass is 9.99. The first-order valence-corrected chi connectivity index (χ1v) is 6.80. The molecule has 20 heavy (non-hydrogen) atoms. The zero-order chi connectivity index (χ0) is 14.4. The van der Waals surface area contributed by atoms with Gasteiger partial charge in [-0.3, -0.25) is 4.79 Å². The highest BCUT2D eigenvalue weighted by atomic mass is 16.1. The van der Waals surface area contributed by atoms with Gasteiger partial charge in [-0.2, -0.15) is 0 Å². The normalized spacial score (nSPS) is 10.9. The Labute approximate surface area is 120 Å². The molecule has 0 aromatic heterocycles. The van der Waals surface area contributed by atoms with Gasteiger partial charge in [-0.25, -0.2) is 0 Å². The van der Waals surface area contributed by atoms with Crippen LogP contribution in [-0.4, -0.2) is 11.9 Å². The molecule has 102 valence electrons. The van der Waals surface area contributed by atoms with E-state index in [4.69, 9.17) is 0 Å². The Balaban J connectivity index is 2.25. The molecule has 0 aliphatic carbocycles. The van der Waals surface area contributed by atoms with Crippen molar-refractivity contribution < 1.29 is 4.79 Å². The summed E-state index contributed by atoms with van der Waals surface area (Å²) in [6, 6.07) is 18.4. The van der Waals surface area contributed by atoms with Crippen LogP contribution in [0.25, 0.3) is 17.2 Å². The number of rotatable bonds is 4. The molecule has 1 N–H and O–H groups in total. The van der Waals surface area contributed by atoms with Crippen LogP contribution in [0.5, 0.6) is 0 Å². The second-order valence-electron chi connectivity index (χ2n) is 4.95. The topological polar surface area (TPSA) is 29.1 Å². The molecular weight excluding hydrogens is 246 g/mol. The van der Waals surface area contributed by atoms with Gasteiger partial charge in [0.25, 0.3) is 0 Å². The van der Waals surface area contributed by atoms with E-state index in [1.165, 1.54) is 0 Å². The number of hydrogen-bond acceptors (Lipinski definition) is 1. The first kappa shape index (κ1) is 14.1. The van der Waals surface area contributed by atoms with Gasteiger partial charge in [0.15, 0.2) is 0 Å². The summed E-state index contributed by atoms with van der Waals surface area (Å²) in [6.45, 7) is 3.90. The molecule has 2 aromatic rings. The van der Waals surface area contributed by atoms with Gasteiger partial charge in [0.2, 0.25) is 5.91 Å². The van der Waals surface area contributed by atoms with Crippen LogP contribution >= 0.6 is 0 Å². The molecule has 2 aromatic carbocycles. The van der Waals surface area contributed by atoms with Crippen molar-refractivity contribution in [1.82, 2.24) is 5.32 Å². The number of amides is 1. The third-order valence-corrected chi connectivity index (χ3v) is 2.89. The molecule has 0 atom stereocenters. The molecule has 0 bridgehead atoms. The summed E-state index contributed by atoms with van der Waals surface area (Å²) in [5, 5.41) is 2.85. The molecule has 0 aliphatic heterocycles. The minimum absolute atomic E-state index is 0.0668. The lowest BCUT2D eigenvalue weighted by Crippen LogP contribution is -2.28. The van der Waals surface area contributed by atoms with Crippen molar-refractivity contribution in [3.05, 3.63) is 66.2 Å². The number of carbonyl (C=O) groups is 1. The van der Waals surface area contributed by atoms with E-state index in [1.54, 1.807) is 6.08 Å². The predicted octanol–water partition coefficient (Wildman–Crippen LogP) is 3.89. The first-order chi connectivity index (χ1) is 9.66. The predicted molar refractivity (Wildman–Crippen MR) is 84.2 cm³/mol. The molecule has 2 rings (SSSR count). The highest BCUT2D eigenvalue weighted by Gasteiger charge is 2.02. The molecule has 0 heterocycles. The van der Waals surface area contributed by atoms with Crippen LogP contribution < -0.4 is 5.32 Å². The molecule has 0 saturated heterocycles. The Morgan fingerprint density at radius 2 is 1.65 bits per heavy atom. The summed E-state index contributed by atoms with van der Waals surface area (Å²) in [5.41, 5.74) is 3.32. The zero-order valence-electron chi connectivity index (χ0n) is 11.8. The minimum Gasteiger partial charge on any atom is -0.350 e. The van der Waals surface area contributed by atoms with Gasteiger partial charge in [0, 0.05) is 12.1 Å². The average Bonchev–Trinajstić information content (AvgIpc) is 2.46. The zero-order valence-corrected chi connectivity index (χ0v) is 11.8. The van der Waals surface area contributed by atoms with Crippen molar-refractivity contribution >= 4 is 12.0 Å². The van der Waals surface area contributed by atoms with Gasteiger partial charge in [-0.15, -0.1) is 0 Å². The van der Waals surface area contributed by atoms with E-state index in [0.29, 0.717) is 0 Å². The molecule has 0 unspecified atom stereocenters. The SMILES string of the molecule is CC(C)NC(=O)/C=C/c1ccccc1-c1ccccc1. The maximum Gasteiger partial charge on any atom is 0.244 e. The van der Waals surface area contributed by atoms with Crippen LogP contribution in [0.15, 0.2) is 60.7 Å². The lowest BCUT2D eigenvalue weighted by molar-refractivity contribution is -0.116. The van der Waals surface area contributed by atoms with E-state index in [-0.39, 0.29) is 11.9 Å². The largest absolute Gasteiger partial charge is 0.350 e. The molecule has 0 fully saturated rings. The summed E-state index contributed by atoms with van der Waals surface area (Å²) >= 11 is 0. The number of hydrogen-bond donors (Lipinski definition) is 1. The number of benzene rings is 2. The summed E-state index contributed by atoms with van der Waals surface area (Å²) in [7, 11) is 0.